The first-order chi connectivity index (χ1) is 9.29. The largest absolute Gasteiger partial charge is 0.375 e. The number of hydrogen-bond acceptors (Lipinski definition) is 3. The Morgan fingerprint density at radius 3 is 2.79 bits per heavy atom. The predicted octanol–water partition coefficient (Wildman–Crippen LogP) is 2.79. The number of pyridine rings is 1. The number of hydrogen-bond donors (Lipinski definition) is 1. The van der Waals surface area contributed by atoms with Crippen molar-refractivity contribution in [3.05, 3.63) is 30.1 Å². The highest BCUT2D eigenvalue weighted by Crippen LogP contribution is 2.49. The van der Waals surface area contributed by atoms with Gasteiger partial charge in [-0.05, 0) is 50.3 Å². The van der Waals surface area contributed by atoms with Gasteiger partial charge in [0, 0.05) is 24.4 Å². The zero-order valence-corrected chi connectivity index (χ0v) is 11.6. The molecule has 3 heteroatoms. The molecule has 104 valence electrons. The molecule has 0 unspecified atom stereocenters. The fourth-order valence-electron chi connectivity index (χ4n) is 4.12. The van der Waals surface area contributed by atoms with Crippen LogP contribution < -0.4 is 5.73 Å². The minimum Gasteiger partial charge on any atom is -0.375 e. The van der Waals surface area contributed by atoms with Crippen LogP contribution in [-0.4, -0.2) is 23.7 Å². The average Bonchev–Trinajstić information content (AvgIpc) is 2.88. The third kappa shape index (κ3) is 2.41. The van der Waals surface area contributed by atoms with E-state index in [0.29, 0.717) is 0 Å². The first-order valence-corrected chi connectivity index (χ1v) is 7.53. The summed E-state index contributed by atoms with van der Waals surface area (Å²) in [6.45, 7) is 1.61. The van der Waals surface area contributed by atoms with Crippen LogP contribution in [0.3, 0.4) is 0 Å². The number of nitrogens with zero attached hydrogens (tertiary/aromatic N) is 1. The first-order valence-electron chi connectivity index (χ1n) is 7.53. The van der Waals surface area contributed by atoms with Crippen molar-refractivity contribution in [2.24, 2.45) is 5.73 Å². The molecule has 2 heterocycles. The van der Waals surface area contributed by atoms with Gasteiger partial charge >= 0.3 is 0 Å². The summed E-state index contributed by atoms with van der Waals surface area (Å²) < 4.78 is 6.19. The normalized spacial score (nSPS) is 29.7. The molecule has 0 bridgehead atoms. The molecule has 1 aromatic rings. The van der Waals surface area contributed by atoms with Crippen LogP contribution in [0.25, 0.3) is 0 Å². The Bertz CT molecular complexity index is 410. The van der Waals surface area contributed by atoms with E-state index in [-0.39, 0.29) is 11.0 Å². The van der Waals surface area contributed by atoms with Crippen LogP contribution >= 0.6 is 0 Å². The summed E-state index contributed by atoms with van der Waals surface area (Å²) in [6, 6.07) is 4.26. The van der Waals surface area contributed by atoms with E-state index in [1.54, 1.807) is 0 Å². The Balaban J connectivity index is 1.92. The van der Waals surface area contributed by atoms with Gasteiger partial charge in [-0.1, -0.05) is 18.9 Å². The second-order valence-electron chi connectivity index (χ2n) is 6.23. The molecule has 2 aliphatic rings. The first kappa shape index (κ1) is 13.1. The highest BCUT2D eigenvalue weighted by atomic mass is 16.5. The molecule has 3 rings (SSSR count). The van der Waals surface area contributed by atoms with Crippen molar-refractivity contribution < 1.29 is 4.74 Å². The minimum absolute atomic E-state index is 0.128. The molecular formula is C16H24N2O. The molecule has 3 nitrogen and oxygen atoms in total. The third-order valence-electron chi connectivity index (χ3n) is 5.06. The van der Waals surface area contributed by atoms with Crippen molar-refractivity contribution in [1.29, 1.82) is 0 Å². The van der Waals surface area contributed by atoms with Crippen LogP contribution in [0, 0.1) is 0 Å². The Labute approximate surface area is 115 Å². The molecule has 0 aromatic carbocycles. The van der Waals surface area contributed by atoms with Crippen LogP contribution in [-0.2, 0) is 10.2 Å². The molecule has 1 saturated carbocycles. The molecule has 1 saturated heterocycles. The highest BCUT2D eigenvalue weighted by molar-refractivity contribution is 5.24. The highest BCUT2D eigenvalue weighted by Gasteiger charge is 2.47. The standard InChI is InChI=1S/C16H24N2O/c17-9-7-15(14-4-3-10-18-12-14)8-11-19-16(13-15)5-1-2-6-16/h3-4,10,12H,1-2,5-9,11,13,17H2/t15-/m1/s1. The molecule has 1 spiro atoms. The Hall–Kier alpha value is -0.930. The van der Waals surface area contributed by atoms with Gasteiger partial charge < -0.3 is 10.5 Å². The summed E-state index contributed by atoms with van der Waals surface area (Å²) >= 11 is 0. The van der Waals surface area contributed by atoms with Crippen LogP contribution in [0.1, 0.15) is 50.5 Å². The Kier molecular flexibility index (Phi) is 3.59. The van der Waals surface area contributed by atoms with Crippen molar-refractivity contribution in [3.8, 4) is 0 Å². The van der Waals surface area contributed by atoms with Crippen molar-refractivity contribution >= 4 is 0 Å². The van der Waals surface area contributed by atoms with Gasteiger partial charge in [0.25, 0.3) is 0 Å². The molecule has 1 aliphatic carbocycles. The summed E-state index contributed by atoms with van der Waals surface area (Å²) in [5.41, 5.74) is 7.58. The maximum Gasteiger partial charge on any atom is 0.0691 e. The third-order valence-corrected chi connectivity index (χ3v) is 5.06. The molecule has 0 amide bonds. The number of rotatable bonds is 3. The van der Waals surface area contributed by atoms with Gasteiger partial charge in [-0.3, -0.25) is 4.98 Å². The second kappa shape index (κ2) is 5.22. The van der Waals surface area contributed by atoms with Crippen molar-refractivity contribution in [2.75, 3.05) is 13.2 Å². The molecule has 0 radical (unpaired) electrons. The van der Waals surface area contributed by atoms with Crippen molar-refractivity contribution in [3.63, 3.8) is 0 Å². The van der Waals surface area contributed by atoms with E-state index in [2.05, 4.69) is 11.1 Å². The van der Waals surface area contributed by atoms with E-state index < -0.39 is 0 Å². The number of nitrogens with two attached hydrogens (primary N) is 1. The van der Waals surface area contributed by atoms with E-state index in [9.17, 15) is 0 Å². The summed E-state index contributed by atoms with van der Waals surface area (Å²) in [7, 11) is 0. The molecule has 19 heavy (non-hydrogen) atoms. The van der Waals surface area contributed by atoms with E-state index >= 15 is 0 Å². The summed E-state index contributed by atoms with van der Waals surface area (Å²) in [5.74, 6) is 0. The minimum atomic E-state index is 0.128. The molecular weight excluding hydrogens is 236 g/mol. The van der Waals surface area contributed by atoms with Gasteiger partial charge in [-0.2, -0.15) is 0 Å². The number of ether oxygens (including phenoxy) is 1. The van der Waals surface area contributed by atoms with Crippen LogP contribution in [0.15, 0.2) is 24.5 Å². The SMILES string of the molecule is NCC[C@@]1(c2cccnc2)CCOC2(CCCC2)C1. The topological polar surface area (TPSA) is 48.1 Å². The lowest BCUT2D eigenvalue weighted by molar-refractivity contribution is -0.103. The van der Waals surface area contributed by atoms with Crippen LogP contribution in [0.4, 0.5) is 0 Å². The zero-order chi connectivity index (χ0) is 13.2. The van der Waals surface area contributed by atoms with Crippen LogP contribution in [0.5, 0.6) is 0 Å². The van der Waals surface area contributed by atoms with Gasteiger partial charge in [-0.15, -0.1) is 0 Å². The van der Waals surface area contributed by atoms with E-state index in [0.717, 1.165) is 32.4 Å². The van der Waals surface area contributed by atoms with Gasteiger partial charge in [0.05, 0.1) is 5.60 Å². The smallest absolute Gasteiger partial charge is 0.0691 e. The second-order valence-corrected chi connectivity index (χ2v) is 6.23. The molecule has 2 N–H and O–H groups in total. The average molecular weight is 260 g/mol. The molecule has 1 aliphatic heterocycles. The molecule has 1 atom stereocenters. The molecule has 2 fully saturated rings. The van der Waals surface area contributed by atoms with Gasteiger partial charge in [0.15, 0.2) is 0 Å². The fourth-order valence-corrected chi connectivity index (χ4v) is 4.12. The quantitative estimate of drug-likeness (QED) is 0.909. The lowest BCUT2D eigenvalue weighted by atomic mass is 9.66. The fraction of sp³-hybridized carbons (Fsp3) is 0.688. The Morgan fingerprint density at radius 2 is 2.11 bits per heavy atom. The van der Waals surface area contributed by atoms with Gasteiger partial charge in [0.2, 0.25) is 0 Å². The van der Waals surface area contributed by atoms with Gasteiger partial charge in [0.1, 0.15) is 0 Å². The predicted molar refractivity (Wildman–Crippen MR) is 76.0 cm³/mol. The van der Waals surface area contributed by atoms with Gasteiger partial charge in [-0.25, -0.2) is 0 Å². The van der Waals surface area contributed by atoms with E-state index in [1.165, 1.54) is 31.2 Å². The maximum atomic E-state index is 6.19. The molecule has 1 aromatic heterocycles. The lowest BCUT2D eigenvalue weighted by Gasteiger charge is -2.47. The van der Waals surface area contributed by atoms with Crippen molar-refractivity contribution in [2.45, 2.75) is 56.0 Å². The van der Waals surface area contributed by atoms with Crippen LogP contribution in [0.2, 0.25) is 0 Å². The monoisotopic (exact) mass is 260 g/mol. The lowest BCUT2D eigenvalue weighted by Crippen LogP contribution is -2.46. The van der Waals surface area contributed by atoms with Crippen molar-refractivity contribution in [1.82, 2.24) is 4.98 Å². The maximum absolute atomic E-state index is 6.19. The summed E-state index contributed by atoms with van der Waals surface area (Å²) in [4.78, 5) is 4.32. The van der Waals surface area contributed by atoms with E-state index in [1.807, 2.05) is 18.5 Å². The summed E-state index contributed by atoms with van der Waals surface area (Å²) in [5, 5.41) is 0. The number of aromatic nitrogens is 1. The Morgan fingerprint density at radius 1 is 1.26 bits per heavy atom. The summed E-state index contributed by atoms with van der Waals surface area (Å²) in [6.07, 6.45) is 12.2. The zero-order valence-electron chi connectivity index (χ0n) is 11.6. The van der Waals surface area contributed by atoms with E-state index in [4.69, 9.17) is 10.5 Å².